The number of benzene rings is 3. The number of methoxy groups -OCH3 is 1. The first-order valence-corrected chi connectivity index (χ1v) is 11.7. The molecule has 2 N–H and O–H groups in total. The van der Waals surface area contributed by atoms with Gasteiger partial charge in [-0.05, 0) is 56.2 Å². The molecule has 0 saturated carbocycles. The number of phenolic OH excluding ortho intramolecular Hbond substituents is 1. The van der Waals surface area contributed by atoms with Gasteiger partial charge in [0.15, 0.2) is 11.0 Å². The molecule has 1 heterocycles. The van der Waals surface area contributed by atoms with Crippen LogP contribution in [0.15, 0.2) is 71.9 Å². The Morgan fingerprint density at radius 2 is 1.68 bits per heavy atom. The Morgan fingerprint density at radius 3 is 2.38 bits per heavy atom. The standard InChI is InChI=1S/C26H26N4O3S/c1-16-10-9-11-17(2)23(16)27-25(32)18(3)34-26-29-28-24(19-12-5-7-14-21(19)31)30(26)20-13-6-8-15-22(20)33-4/h5-15,18,31H,1-4H3,(H,27,32)/t18-/m0/s1. The van der Waals surface area contributed by atoms with E-state index >= 15 is 0 Å². The van der Waals surface area contributed by atoms with E-state index in [0.717, 1.165) is 16.8 Å². The lowest BCUT2D eigenvalue weighted by Crippen LogP contribution is -2.23. The summed E-state index contributed by atoms with van der Waals surface area (Å²) in [4.78, 5) is 13.1. The highest BCUT2D eigenvalue weighted by Gasteiger charge is 2.25. The third kappa shape index (κ3) is 4.63. The number of para-hydroxylation sites is 4. The molecule has 34 heavy (non-hydrogen) atoms. The number of rotatable bonds is 7. The minimum Gasteiger partial charge on any atom is -0.507 e. The third-order valence-corrected chi connectivity index (χ3v) is 6.53. The van der Waals surface area contributed by atoms with Crippen molar-refractivity contribution in [2.75, 3.05) is 12.4 Å². The van der Waals surface area contributed by atoms with Gasteiger partial charge >= 0.3 is 0 Å². The molecular weight excluding hydrogens is 448 g/mol. The fourth-order valence-corrected chi connectivity index (χ4v) is 4.52. The van der Waals surface area contributed by atoms with Crippen molar-refractivity contribution >= 4 is 23.4 Å². The van der Waals surface area contributed by atoms with Gasteiger partial charge in [0.2, 0.25) is 5.91 Å². The number of carbonyl (C=O) groups excluding carboxylic acids is 1. The minimum absolute atomic E-state index is 0.0865. The molecule has 0 saturated heterocycles. The third-order valence-electron chi connectivity index (χ3n) is 5.49. The Balaban J connectivity index is 1.72. The molecule has 0 aliphatic rings. The van der Waals surface area contributed by atoms with Crippen LogP contribution in [0.2, 0.25) is 0 Å². The van der Waals surface area contributed by atoms with E-state index in [-0.39, 0.29) is 11.7 Å². The second kappa shape index (κ2) is 10.0. The summed E-state index contributed by atoms with van der Waals surface area (Å²) in [5.74, 6) is 1.02. The van der Waals surface area contributed by atoms with Crippen molar-refractivity contribution < 1.29 is 14.6 Å². The van der Waals surface area contributed by atoms with Crippen molar-refractivity contribution in [2.45, 2.75) is 31.2 Å². The van der Waals surface area contributed by atoms with Crippen LogP contribution in [0, 0.1) is 13.8 Å². The van der Waals surface area contributed by atoms with Crippen molar-refractivity contribution in [1.82, 2.24) is 14.8 Å². The highest BCUT2D eigenvalue weighted by atomic mass is 32.2. The largest absolute Gasteiger partial charge is 0.507 e. The maximum Gasteiger partial charge on any atom is 0.237 e. The number of anilines is 1. The number of phenols is 1. The summed E-state index contributed by atoms with van der Waals surface area (Å²) in [6.07, 6.45) is 0. The number of nitrogens with one attached hydrogen (secondary N) is 1. The van der Waals surface area contributed by atoms with Crippen molar-refractivity contribution in [3.63, 3.8) is 0 Å². The van der Waals surface area contributed by atoms with Crippen LogP contribution < -0.4 is 10.1 Å². The minimum atomic E-state index is -0.464. The highest BCUT2D eigenvalue weighted by Crippen LogP contribution is 2.36. The first kappa shape index (κ1) is 23.4. The SMILES string of the molecule is COc1ccccc1-n1c(S[C@@H](C)C(=O)Nc2c(C)cccc2C)nnc1-c1ccccc1O. The van der Waals surface area contributed by atoms with Crippen LogP contribution in [-0.2, 0) is 4.79 Å². The Bertz CT molecular complexity index is 1320. The van der Waals surface area contributed by atoms with Gasteiger partial charge in [-0.1, -0.05) is 54.2 Å². The quantitative estimate of drug-likeness (QED) is 0.349. The molecule has 1 amide bonds. The number of thioether (sulfide) groups is 1. The second-order valence-corrected chi connectivity index (χ2v) is 9.15. The van der Waals surface area contributed by atoms with E-state index in [1.165, 1.54) is 11.8 Å². The van der Waals surface area contributed by atoms with Gasteiger partial charge in [0.05, 0.1) is 23.6 Å². The zero-order valence-electron chi connectivity index (χ0n) is 19.4. The van der Waals surface area contributed by atoms with Crippen molar-refractivity contribution in [2.24, 2.45) is 0 Å². The monoisotopic (exact) mass is 474 g/mol. The molecule has 4 aromatic rings. The van der Waals surface area contributed by atoms with Crippen LogP contribution in [-0.4, -0.2) is 38.1 Å². The molecule has 0 aliphatic heterocycles. The smallest absolute Gasteiger partial charge is 0.237 e. The topological polar surface area (TPSA) is 89.3 Å². The van der Waals surface area contributed by atoms with Crippen LogP contribution in [0.1, 0.15) is 18.1 Å². The predicted molar refractivity (Wildman–Crippen MR) is 135 cm³/mol. The molecule has 4 rings (SSSR count). The molecule has 0 bridgehead atoms. The summed E-state index contributed by atoms with van der Waals surface area (Å²) in [7, 11) is 1.59. The zero-order valence-corrected chi connectivity index (χ0v) is 20.3. The molecule has 0 unspecified atom stereocenters. The molecule has 1 atom stereocenters. The average molecular weight is 475 g/mol. The Hall–Kier alpha value is -3.78. The van der Waals surface area contributed by atoms with E-state index in [2.05, 4.69) is 15.5 Å². The van der Waals surface area contributed by atoms with Crippen LogP contribution in [0.4, 0.5) is 5.69 Å². The predicted octanol–water partition coefficient (Wildman–Crippen LogP) is 5.38. The van der Waals surface area contributed by atoms with Gasteiger partial charge in [-0.2, -0.15) is 0 Å². The Morgan fingerprint density at radius 1 is 1.00 bits per heavy atom. The van der Waals surface area contributed by atoms with Crippen LogP contribution in [0.5, 0.6) is 11.5 Å². The summed E-state index contributed by atoms with van der Waals surface area (Å²) in [5.41, 5.74) is 4.06. The number of aryl methyl sites for hydroxylation is 2. The second-order valence-electron chi connectivity index (χ2n) is 7.85. The van der Waals surface area contributed by atoms with E-state index in [0.29, 0.717) is 28.0 Å². The number of carbonyl (C=O) groups is 1. The first-order valence-electron chi connectivity index (χ1n) is 10.8. The van der Waals surface area contributed by atoms with Gasteiger partial charge in [-0.15, -0.1) is 10.2 Å². The molecule has 174 valence electrons. The van der Waals surface area contributed by atoms with Crippen molar-refractivity contribution in [1.29, 1.82) is 0 Å². The number of nitrogens with zero attached hydrogens (tertiary/aromatic N) is 3. The molecular formula is C26H26N4O3S. The number of aromatic hydroxyl groups is 1. The van der Waals surface area contributed by atoms with Gasteiger partial charge in [0, 0.05) is 5.69 Å². The summed E-state index contributed by atoms with van der Waals surface area (Å²) >= 11 is 1.28. The average Bonchev–Trinajstić information content (AvgIpc) is 3.24. The first-order chi connectivity index (χ1) is 16.4. The summed E-state index contributed by atoms with van der Waals surface area (Å²) in [6.45, 7) is 5.77. The number of hydrogen-bond donors (Lipinski definition) is 2. The number of hydrogen-bond acceptors (Lipinski definition) is 6. The van der Waals surface area contributed by atoms with E-state index in [1.807, 2.05) is 69.3 Å². The molecule has 8 heteroatoms. The molecule has 0 radical (unpaired) electrons. The van der Waals surface area contributed by atoms with Gasteiger partial charge in [-0.3, -0.25) is 9.36 Å². The molecule has 7 nitrogen and oxygen atoms in total. The van der Waals surface area contributed by atoms with Crippen LogP contribution in [0.25, 0.3) is 17.1 Å². The van der Waals surface area contributed by atoms with Crippen LogP contribution in [0.3, 0.4) is 0 Å². The Labute approximate surface area is 202 Å². The van der Waals surface area contributed by atoms with Crippen molar-refractivity contribution in [3.8, 4) is 28.6 Å². The lowest BCUT2D eigenvalue weighted by atomic mass is 10.1. The molecule has 3 aromatic carbocycles. The maximum absolute atomic E-state index is 13.1. The zero-order chi connectivity index (χ0) is 24.2. The molecule has 0 fully saturated rings. The lowest BCUT2D eigenvalue weighted by Gasteiger charge is -2.17. The number of aromatic nitrogens is 3. The lowest BCUT2D eigenvalue weighted by molar-refractivity contribution is -0.115. The summed E-state index contributed by atoms with van der Waals surface area (Å²) in [6, 6.07) is 20.3. The van der Waals surface area contributed by atoms with E-state index in [4.69, 9.17) is 4.74 Å². The Kier molecular flexibility index (Phi) is 6.88. The van der Waals surface area contributed by atoms with Crippen LogP contribution >= 0.6 is 11.8 Å². The maximum atomic E-state index is 13.1. The highest BCUT2D eigenvalue weighted by molar-refractivity contribution is 8.00. The number of amides is 1. The van der Waals surface area contributed by atoms with E-state index in [1.54, 1.807) is 29.9 Å². The number of ether oxygens (including phenoxy) is 1. The van der Waals surface area contributed by atoms with Gasteiger partial charge < -0.3 is 15.2 Å². The van der Waals surface area contributed by atoms with Gasteiger partial charge in [-0.25, -0.2) is 0 Å². The van der Waals surface area contributed by atoms with E-state index in [9.17, 15) is 9.90 Å². The van der Waals surface area contributed by atoms with Crippen molar-refractivity contribution in [3.05, 3.63) is 77.9 Å². The van der Waals surface area contributed by atoms with Gasteiger partial charge in [0.1, 0.15) is 11.5 Å². The summed E-state index contributed by atoms with van der Waals surface area (Å²) < 4.78 is 7.38. The fourth-order valence-electron chi connectivity index (χ4n) is 3.66. The van der Waals surface area contributed by atoms with Gasteiger partial charge in [0.25, 0.3) is 0 Å². The van der Waals surface area contributed by atoms with E-state index < -0.39 is 5.25 Å². The fraction of sp³-hybridized carbons (Fsp3) is 0.192. The molecule has 0 aliphatic carbocycles. The normalized spacial score (nSPS) is 11.8. The molecule has 0 spiro atoms. The summed E-state index contributed by atoms with van der Waals surface area (Å²) in [5, 5.41) is 22.3. The molecule has 1 aromatic heterocycles.